The number of ether oxygens (including phenoxy) is 1. The van der Waals surface area contributed by atoms with Crippen LogP contribution in [-0.4, -0.2) is 54.4 Å². The normalized spacial score (nSPS) is 24.6. The molecule has 0 aliphatic carbocycles. The number of hydrogen-bond donors (Lipinski definition) is 2. The predicted molar refractivity (Wildman–Crippen MR) is 61.3 cm³/mol. The summed E-state index contributed by atoms with van der Waals surface area (Å²) >= 11 is 0. The third kappa shape index (κ3) is 4.08. The van der Waals surface area contributed by atoms with Gasteiger partial charge in [-0.3, -0.25) is 4.79 Å². The third-order valence-electron chi connectivity index (χ3n) is 3.04. The van der Waals surface area contributed by atoms with E-state index in [1.807, 2.05) is 7.05 Å². The lowest BCUT2D eigenvalue weighted by molar-refractivity contribution is -0.143. The first-order valence-corrected chi connectivity index (χ1v) is 5.74. The van der Waals surface area contributed by atoms with Crippen molar-refractivity contribution in [2.24, 2.45) is 5.73 Å². The largest absolute Gasteiger partial charge is 0.480 e. The summed E-state index contributed by atoms with van der Waals surface area (Å²) in [6, 6.07) is 0. The van der Waals surface area contributed by atoms with Gasteiger partial charge in [-0.25, -0.2) is 0 Å². The second-order valence-corrected chi connectivity index (χ2v) is 4.87. The smallest absolute Gasteiger partial charge is 0.323 e. The van der Waals surface area contributed by atoms with Gasteiger partial charge in [-0.15, -0.1) is 0 Å². The van der Waals surface area contributed by atoms with Gasteiger partial charge in [0, 0.05) is 19.7 Å². The Morgan fingerprint density at radius 3 is 2.88 bits per heavy atom. The van der Waals surface area contributed by atoms with E-state index in [9.17, 15) is 4.79 Å². The van der Waals surface area contributed by atoms with Crippen molar-refractivity contribution in [3.63, 3.8) is 0 Å². The van der Waals surface area contributed by atoms with Crippen molar-refractivity contribution in [3.8, 4) is 0 Å². The molecule has 0 saturated carbocycles. The third-order valence-corrected chi connectivity index (χ3v) is 3.04. The van der Waals surface area contributed by atoms with Gasteiger partial charge >= 0.3 is 5.97 Å². The zero-order valence-corrected chi connectivity index (χ0v) is 10.1. The maximum absolute atomic E-state index is 10.8. The molecule has 1 heterocycles. The van der Waals surface area contributed by atoms with Gasteiger partial charge in [0.2, 0.25) is 0 Å². The van der Waals surface area contributed by atoms with Gasteiger partial charge in [-0.1, -0.05) is 0 Å². The average molecular weight is 230 g/mol. The summed E-state index contributed by atoms with van der Waals surface area (Å²) < 4.78 is 5.51. The lowest BCUT2D eigenvalue weighted by Crippen LogP contribution is -2.47. The number of nitrogens with two attached hydrogens (primary N) is 1. The summed E-state index contributed by atoms with van der Waals surface area (Å²) in [4.78, 5) is 12.9. The van der Waals surface area contributed by atoms with Crippen LogP contribution in [0.5, 0.6) is 0 Å². The molecule has 5 heteroatoms. The zero-order chi connectivity index (χ0) is 12.2. The Morgan fingerprint density at radius 1 is 1.69 bits per heavy atom. The number of rotatable bonds is 6. The number of hydrogen-bond acceptors (Lipinski definition) is 4. The van der Waals surface area contributed by atoms with Gasteiger partial charge < -0.3 is 20.5 Å². The van der Waals surface area contributed by atoms with Gasteiger partial charge in [0.05, 0.1) is 6.10 Å². The van der Waals surface area contributed by atoms with Gasteiger partial charge in [-0.2, -0.15) is 0 Å². The van der Waals surface area contributed by atoms with Crippen LogP contribution in [0.4, 0.5) is 0 Å². The molecule has 0 aromatic rings. The van der Waals surface area contributed by atoms with Gasteiger partial charge in [-0.05, 0) is 33.2 Å². The summed E-state index contributed by atoms with van der Waals surface area (Å²) in [5.41, 5.74) is 4.52. The summed E-state index contributed by atoms with van der Waals surface area (Å²) in [7, 11) is 1.97. The van der Waals surface area contributed by atoms with Gasteiger partial charge in [0.15, 0.2) is 0 Å². The second-order valence-electron chi connectivity index (χ2n) is 4.87. The van der Waals surface area contributed by atoms with Crippen LogP contribution in [0.25, 0.3) is 0 Å². The summed E-state index contributed by atoms with van der Waals surface area (Å²) in [5.74, 6) is -0.946. The van der Waals surface area contributed by atoms with E-state index in [1.54, 1.807) is 6.92 Å². The Hall–Kier alpha value is -0.650. The molecule has 94 valence electrons. The quantitative estimate of drug-likeness (QED) is 0.686. The van der Waals surface area contributed by atoms with Crippen molar-refractivity contribution in [2.45, 2.75) is 37.8 Å². The molecule has 2 unspecified atom stereocenters. The first-order chi connectivity index (χ1) is 7.42. The number of aliphatic carboxylic acids is 1. The van der Waals surface area contributed by atoms with Crippen LogP contribution in [0.3, 0.4) is 0 Å². The van der Waals surface area contributed by atoms with Crippen LogP contribution >= 0.6 is 0 Å². The van der Waals surface area contributed by atoms with Crippen molar-refractivity contribution in [3.05, 3.63) is 0 Å². The molecule has 0 amide bonds. The Morgan fingerprint density at radius 2 is 2.38 bits per heavy atom. The Labute approximate surface area is 96.6 Å². The first-order valence-electron chi connectivity index (χ1n) is 5.74. The van der Waals surface area contributed by atoms with E-state index < -0.39 is 11.5 Å². The van der Waals surface area contributed by atoms with E-state index in [1.165, 1.54) is 0 Å². The van der Waals surface area contributed by atoms with Crippen LogP contribution in [0, 0.1) is 0 Å². The predicted octanol–water partition coefficient (Wildman–Crippen LogP) is 0.289. The van der Waals surface area contributed by atoms with E-state index in [4.69, 9.17) is 15.6 Å². The monoisotopic (exact) mass is 230 g/mol. The minimum absolute atomic E-state index is 0.304. The molecule has 1 saturated heterocycles. The molecular weight excluding hydrogens is 208 g/mol. The number of carbonyl (C=O) groups is 1. The molecule has 3 N–H and O–H groups in total. The molecule has 1 aliphatic rings. The molecule has 5 nitrogen and oxygen atoms in total. The highest BCUT2D eigenvalue weighted by molar-refractivity contribution is 5.77. The lowest BCUT2D eigenvalue weighted by Gasteiger charge is -2.25. The fourth-order valence-electron chi connectivity index (χ4n) is 1.76. The van der Waals surface area contributed by atoms with E-state index in [0.29, 0.717) is 19.1 Å². The number of nitrogens with zero attached hydrogens (tertiary/aromatic N) is 1. The molecule has 2 atom stereocenters. The minimum atomic E-state index is -1.13. The molecule has 1 fully saturated rings. The zero-order valence-electron chi connectivity index (χ0n) is 10.1. The molecule has 1 aliphatic heterocycles. The first kappa shape index (κ1) is 13.4. The van der Waals surface area contributed by atoms with Crippen LogP contribution in [0.1, 0.15) is 26.2 Å². The molecule has 16 heavy (non-hydrogen) atoms. The lowest BCUT2D eigenvalue weighted by atomic mass is 9.99. The van der Waals surface area contributed by atoms with E-state index in [2.05, 4.69) is 4.90 Å². The van der Waals surface area contributed by atoms with Crippen molar-refractivity contribution in [1.82, 2.24) is 4.90 Å². The van der Waals surface area contributed by atoms with Crippen LogP contribution in [-0.2, 0) is 9.53 Å². The highest BCUT2D eigenvalue weighted by Crippen LogP contribution is 2.13. The number of likely N-dealkylation sites (N-methyl/N-ethyl adjacent to an activating group) is 1. The standard InChI is InChI=1S/C11H22N2O3/c1-11(12,10(14)15)5-6-13(2)8-9-4-3-7-16-9/h9H,3-8,12H2,1-2H3,(H,14,15). The van der Waals surface area contributed by atoms with Crippen molar-refractivity contribution in [1.29, 1.82) is 0 Å². The van der Waals surface area contributed by atoms with Crippen LogP contribution in [0.2, 0.25) is 0 Å². The molecule has 1 rings (SSSR count). The fraction of sp³-hybridized carbons (Fsp3) is 0.909. The molecule has 0 aromatic heterocycles. The summed E-state index contributed by atoms with van der Waals surface area (Å²) in [5, 5.41) is 8.87. The van der Waals surface area contributed by atoms with Crippen LogP contribution in [0.15, 0.2) is 0 Å². The maximum Gasteiger partial charge on any atom is 0.323 e. The summed E-state index contributed by atoms with van der Waals surface area (Å²) in [6.07, 6.45) is 2.98. The molecular formula is C11H22N2O3. The second kappa shape index (κ2) is 5.61. The van der Waals surface area contributed by atoms with Crippen molar-refractivity contribution < 1.29 is 14.6 Å². The van der Waals surface area contributed by atoms with Crippen molar-refractivity contribution in [2.75, 3.05) is 26.7 Å². The van der Waals surface area contributed by atoms with E-state index >= 15 is 0 Å². The highest BCUT2D eigenvalue weighted by atomic mass is 16.5. The average Bonchev–Trinajstić information content (AvgIpc) is 2.67. The van der Waals surface area contributed by atoms with Crippen molar-refractivity contribution >= 4 is 5.97 Å². The Balaban J connectivity index is 2.23. The van der Waals surface area contributed by atoms with E-state index in [0.717, 1.165) is 26.0 Å². The molecule has 0 aromatic carbocycles. The highest BCUT2D eigenvalue weighted by Gasteiger charge is 2.28. The minimum Gasteiger partial charge on any atom is -0.480 e. The van der Waals surface area contributed by atoms with Crippen LogP contribution < -0.4 is 5.73 Å². The van der Waals surface area contributed by atoms with Gasteiger partial charge in [0.25, 0.3) is 0 Å². The molecule has 0 radical (unpaired) electrons. The fourth-order valence-corrected chi connectivity index (χ4v) is 1.76. The summed E-state index contributed by atoms with van der Waals surface area (Å²) in [6.45, 7) is 3.94. The Bertz CT molecular complexity index is 237. The molecule has 0 bridgehead atoms. The van der Waals surface area contributed by atoms with E-state index in [-0.39, 0.29) is 0 Å². The number of carboxylic acids is 1. The maximum atomic E-state index is 10.8. The Kier molecular flexibility index (Phi) is 4.70. The molecule has 0 spiro atoms. The topological polar surface area (TPSA) is 75.8 Å². The number of carboxylic acid groups (broad SMARTS) is 1. The SMILES string of the molecule is CN(CCC(C)(N)C(=O)O)CC1CCCO1. The van der Waals surface area contributed by atoms with Gasteiger partial charge in [0.1, 0.15) is 5.54 Å².